The number of aromatic amines is 1. The van der Waals surface area contributed by atoms with Gasteiger partial charge in [-0.25, -0.2) is 0 Å². The van der Waals surface area contributed by atoms with Crippen molar-refractivity contribution in [1.82, 2.24) is 4.98 Å². The van der Waals surface area contributed by atoms with Gasteiger partial charge in [-0.05, 0) is 38.8 Å². The normalized spacial score (nSPS) is 16.5. The number of carbonyl (C=O) groups excluding carboxylic acids is 1. The molecule has 2 aromatic rings. The summed E-state index contributed by atoms with van der Waals surface area (Å²) >= 11 is 0. The number of ether oxygens (including phenoxy) is 2. The van der Waals surface area contributed by atoms with E-state index < -0.39 is 17.7 Å². The Labute approximate surface area is 170 Å². The van der Waals surface area contributed by atoms with E-state index in [-0.39, 0.29) is 23.5 Å². The Balaban J connectivity index is 1.79. The number of rotatable bonds is 8. The van der Waals surface area contributed by atoms with Gasteiger partial charge in [-0.3, -0.25) is 14.9 Å². The number of Topliss-reactive ketones (excluding diaryl/α,β-unsaturated/α-hetero) is 1. The van der Waals surface area contributed by atoms with E-state index in [4.69, 9.17) is 9.47 Å². The second-order valence-electron chi connectivity index (χ2n) is 8.11. The van der Waals surface area contributed by atoms with Crippen molar-refractivity contribution in [3.8, 4) is 11.1 Å². The third kappa shape index (κ3) is 4.92. The average Bonchev–Trinajstić information content (AvgIpc) is 3.15. The van der Waals surface area contributed by atoms with Crippen LogP contribution < -0.4 is 0 Å². The first-order valence-electron chi connectivity index (χ1n) is 9.92. The van der Waals surface area contributed by atoms with Gasteiger partial charge in [0.05, 0.1) is 31.5 Å². The number of benzene rings is 1. The zero-order valence-corrected chi connectivity index (χ0v) is 17.1. The van der Waals surface area contributed by atoms with Gasteiger partial charge in [0.2, 0.25) is 6.04 Å². The maximum Gasteiger partial charge on any atom is 0.230 e. The molecule has 0 spiro atoms. The Morgan fingerprint density at radius 2 is 1.90 bits per heavy atom. The predicted octanol–water partition coefficient (Wildman–Crippen LogP) is 3.93. The molecule has 156 valence electrons. The summed E-state index contributed by atoms with van der Waals surface area (Å²) in [6.45, 7) is 6.37. The molecule has 1 saturated heterocycles. The summed E-state index contributed by atoms with van der Waals surface area (Å²) in [5.74, 6) is -0.227. The van der Waals surface area contributed by atoms with Crippen molar-refractivity contribution < 1.29 is 19.2 Å². The molecule has 3 rings (SSSR count). The fraction of sp³-hybridized carbons (Fsp3) is 0.500. The molecule has 0 radical (unpaired) electrons. The lowest BCUT2D eigenvalue weighted by atomic mass is 9.77. The van der Waals surface area contributed by atoms with E-state index in [2.05, 4.69) is 4.98 Å². The molecule has 0 saturated carbocycles. The van der Waals surface area contributed by atoms with Gasteiger partial charge in [0.1, 0.15) is 5.78 Å². The Kier molecular flexibility index (Phi) is 6.49. The second kappa shape index (κ2) is 8.88. The van der Waals surface area contributed by atoms with E-state index in [0.29, 0.717) is 13.2 Å². The van der Waals surface area contributed by atoms with Crippen molar-refractivity contribution in [2.75, 3.05) is 13.2 Å². The van der Waals surface area contributed by atoms with Gasteiger partial charge in [0.15, 0.2) is 6.29 Å². The summed E-state index contributed by atoms with van der Waals surface area (Å²) in [7, 11) is 0. The number of hydrogen-bond donors (Lipinski definition) is 1. The lowest BCUT2D eigenvalue weighted by molar-refractivity contribution is -0.536. The number of ketones is 1. The Hall–Kier alpha value is -2.51. The lowest BCUT2D eigenvalue weighted by Crippen LogP contribution is -2.45. The number of carbonyl (C=O) groups is 1. The van der Waals surface area contributed by atoms with Crippen LogP contribution in [0, 0.1) is 22.5 Å². The van der Waals surface area contributed by atoms with E-state index >= 15 is 0 Å². The van der Waals surface area contributed by atoms with Crippen LogP contribution in [-0.4, -0.2) is 41.2 Å². The minimum Gasteiger partial charge on any atom is -0.364 e. The first-order chi connectivity index (χ1) is 13.8. The molecule has 1 atom stereocenters. The first kappa shape index (κ1) is 21.2. The Bertz CT molecular complexity index is 850. The van der Waals surface area contributed by atoms with Gasteiger partial charge in [-0.1, -0.05) is 29.8 Å². The average molecular weight is 400 g/mol. The minimum absolute atomic E-state index is 0.0207. The van der Waals surface area contributed by atoms with Gasteiger partial charge in [-0.15, -0.1) is 0 Å². The first-order valence-corrected chi connectivity index (χ1v) is 9.92. The fourth-order valence-electron chi connectivity index (χ4n) is 3.62. The molecule has 29 heavy (non-hydrogen) atoms. The van der Waals surface area contributed by atoms with Crippen molar-refractivity contribution in [2.45, 2.75) is 52.4 Å². The minimum atomic E-state index is -1.16. The van der Waals surface area contributed by atoms with Crippen LogP contribution >= 0.6 is 0 Å². The number of nitro groups is 1. The number of aryl methyl sites for hydroxylation is 1. The zero-order valence-electron chi connectivity index (χ0n) is 17.1. The summed E-state index contributed by atoms with van der Waals surface area (Å²) in [5, 5.41) is 11.9. The Morgan fingerprint density at radius 3 is 2.52 bits per heavy atom. The molecular formula is C22H28N2O5. The van der Waals surface area contributed by atoms with Crippen LogP contribution in [0.15, 0.2) is 36.5 Å². The number of nitrogens with one attached hydrogen (secondary N) is 1. The largest absolute Gasteiger partial charge is 0.364 e. The predicted molar refractivity (Wildman–Crippen MR) is 109 cm³/mol. The van der Waals surface area contributed by atoms with Gasteiger partial charge in [-0.2, -0.15) is 0 Å². The molecule has 7 heteroatoms. The summed E-state index contributed by atoms with van der Waals surface area (Å²) in [6.07, 6.45) is 2.11. The molecule has 0 bridgehead atoms. The molecular weight excluding hydrogens is 372 g/mol. The lowest BCUT2D eigenvalue weighted by Gasteiger charge is -2.29. The van der Waals surface area contributed by atoms with Crippen molar-refractivity contribution in [2.24, 2.45) is 5.41 Å². The molecule has 7 nitrogen and oxygen atoms in total. The zero-order chi connectivity index (χ0) is 21.0. The maximum absolute atomic E-state index is 12.9. The summed E-state index contributed by atoms with van der Waals surface area (Å²) < 4.78 is 10.9. The van der Waals surface area contributed by atoms with Crippen LogP contribution in [0.4, 0.5) is 0 Å². The number of hydrogen-bond acceptors (Lipinski definition) is 5. The number of aromatic nitrogens is 1. The second-order valence-corrected chi connectivity index (χ2v) is 8.11. The highest BCUT2D eigenvalue weighted by Gasteiger charge is 2.46. The highest BCUT2D eigenvalue weighted by atomic mass is 16.7. The molecule has 1 fully saturated rings. The van der Waals surface area contributed by atoms with Gasteiger partial charge in [0, 0.05) is 22.4 Å². The molecule has 1 aromatic carbocycles. The van der Waals surface area contributed by atoms with E-state index in [1.54, 1.807) is 20.0 Å². The molecule has 1 unspecified atom stereocenters. The maximum atomic E-state index is 12.9. The summed E-state index contributed by atoms with van der Waals surface area (Å²) in [6, 6.07) is 8.86. The molecule has 2 heterocycles. The van der Waals surface area contributed by atoms with Crippen LogP contribution in [0.3, 0.4) is 0 Å². The topological polar surface area (TPSA) is 94.5 Å². The van der Waals surface area contributed by atoms with Crippen molar-refractivity contribution in [3.05, 3.63) is 57.9 Å². The van der Waals surface area contributed by atoms with E-state index in [1.165, 1.54) is 0 Å². The monoisotopic (exact) mass is 400 g/mol. The van der Waals surface area contributed by atoms with Crippen LogP contribution in [-0.2, 0) is 20.7 Å². The molecule has 1 aliphatic rings. The van der Waals surface area contributed by atoms with E-state index in [9.17, 15) is 14.9 Å². The fourth-order valence-corrected chi connectivity index (χ4v) is 3.62. The molecule has 1 aromatic heterocycles. The highest BCUT2D eigenvalue weighted by Crippen LogP contribution is 2.32. The number of H-pyrrole nitrogens is 1. The van der Waals surface area contributed by atoms with Crippen molar-refractivity contribution in [1.29, 1.82) is 0 Å². The third-order valence-electron chi connectivity index (χ3n) is 5.65. The third-order valence-corrected chi connectivity index (χ3v) is 5.65. The quantitative estimate of drug-likeness (QED) is 0.535. The SMILES string of the molecule is Cc1ccc(-c2cc[nH]c2CC([N+](=O)[O-])C(C)(C)C(=O)CC2OCCCO2)cc1. The molecule has 1 aliphatic heterocycles. The smallest absolute Gasteiger partial charge is 0.230 e. The molecule has 0 amide bonds. The van der Waals surface area contributed by atoms with Gasteiger partial charge in [0.25, 0.3) is 0 Å². The van der Waals surface area contributed by atoms with Crippen LogP contribution in [0.5, 0.6) is 0 Å². The van der Waals surface area contributed by atoms with Crippen molar-refractivity contribution in [3.63, 3.8) is 0 Å². The van der Waals surface area contributed by atoms with Gasteiger partial charge >= 0.3 is 0 Å². The van der Waals surface area contributed by atoms with Gasteiger partial charge < -0.3 is 14.5 Å². The summed E-state index contributed by atoms with van der Waals surface area (Å²) in [5.41, 5.74) is 2.64. The Morgan fingerprint density at radius 1 is 1.24 bits per heavy atom. The highest BCUT2D eigenvalue weighted by molar-refractivity contribution is 5.85. The van der Waals surface area contributed by atoms with Crippen LogP contribution in [0.25, 0.3) is 11.1 Å². The number of nitrogens with zero attached hydrogens (tertiary/aromatic N) is 1. The van der Waals surface area contributed by atoms with E-state index in [0.717, 1.165) is 28.8 Å². The molecule has 1 N–H and O–H groups in total. The van der Waals surface area contributed by atoms with Crippen LogP contribution in [0.1, 0.15) is 37.9 Å². The van der Waals surface area contributed by atoms with E-state index in [1.807, 2.05) is 37.3 Å². The molecule has 0 aliphatic carbocycles. The summed E-state index contributed by atoms with van der Waals surface area (Å²) in [4.78, 5) is 27.6. The standard InChI is InChI=1S/C22H28N2O5/c1-15-5-7-16(8-6-15)17-9-10-23-18(17)13-19(24(26)27)22(2,3)20(25)14-21-28-11-4-12-29-21/h5-10,19,21,23H,4,11-14H2,1-3H3. The van der Waals surface area contributed by atoms with Crippen molar-refractivity contribution >= 4 is 5.78 Å². The van der Waals surface area contributed by atoms with Crippen LogP contribution in [0.2, 0.25) is 0 Å².